The maximum Gasteiger partial charge on any atom is 0.407 e. The number of alkyl carbamates (subject to hydrolysis) is 1. The number of ether oxygens (including phenoxy) is 2. The van der Waals surface area contributed by atoms with Gasteiger partial charge in [-0.3, -0.25) is 10.1 Å². The van der Waals surface area contributed by atoms with Gasteiger partial charge in [0.25, 0.3) is 5.69 Å². The summed E-state index contributed by atoms with van der Waals surface area (Å²) in [6.45, 7) is 3.17. The van der Waals surface area contributed by atoms with Crippen molar-refractivity contribution in [1.82, 2.24) is 5.32 Å². The predicted octanol–water partition coefficient (Wildman–Crippen LogP) is 3.15. The average Bonchev–Trinajstić information content (AvgIpc) is 2.57. The number of hydrogen-bond acceptors (Lipinski definition) is 6. The summed E-state index contributed by atoms with van der Waals surface area (Å²) < 4.78 is 10.4. The Morgan fingerprint density at radius 3 is 2.79 bits per heavy atom. The molecule has 0 aromatic heterocycles. The quantitative estimate of drug-likeness (QED) is 0.399. The summed E-state index contributed by atoms with van der Waals surface area (Å²) in [4.78, 5) is 21.5. The number of nitro groups is 1. The summed E-state index contributed by atoms with van der Waals surface area (Å²) in [5, 5.41) is 22.3. The van der Waals surface area contributed by atoms with Gasteiger partial charge in [0, 0.05) is 12.6 Å². The fourth-order valence-corrected chi connectivity index (χ4v) is 1.80. The fourth-order valence-electron chi connectivity index (χ4n) is 1.80. The lowest BCUT2D eigenvalue weighted by atomic mass is 10.2. The van der Waals surface area contributed by atoms with Crippen molar-refractivity contribution in [1.29, 1.82) is 5.26 Å². The zero-order valence-electron chi connectivity index (χ0n) is 13.6. The van der Waals surface area contributed by atoms with Gasteiger partial charge in [0.05, 0.1) is 29.8 Å². The molecule has 0 saturated heterocycles. The number of nitrogens with zero attached hydrogens (tertiary/aromatic N) is 2. The molecule has 130 valence electrons. The first kappa shape index (κ1) is 19.2. The third-order valence-corrected chi connectivity index (χ3v) is 3.13. The Balaban J connectivity index is 2.28. The second-order valence-corrected chi connectivity index (χ2v) is 5.02. The number of nitriles is 1. The Hall–Kier alpha value is -2.82. The minimum absolute atomic E-state index is 0.125. The molecule has 1 amide bonds. The Kier molecular flexibility index (Phi) is 8.68. The van der Waals surface area contributed by atoms with Gasteiger partial charge in [-0.2, -0.15) is 5.26 Å². The summed E-state index contributed by atoms with van der Waals surface area (Å²) in [5.74, 6) is 0.193. The molecule has 0 heterocycles. The highest BCUT2D eigenvalue weighted by molar-refractivity contribution is 5.66. The molecule has 0 spiro atoms. The van der Waals surface area contributed by atoms with Crippen molar-refractivity contribution in [2.75, 3.05) is 19.8 Å². The van der Waals surface area contributed by atoms with Crippen LogP contribution in [0, 0.1) is 21.4 Å². The molecule has 1 aromatic rings. The van der Waals surface area contributed by atoms with E-state index >= 15 is 0 Å². The van der Waals surface area contributed by atoms with Gasteiger partial charge >= 0.3 is 6.09 Å². The number of unbranched alkanes of at least 4 members (excludes halogenated alkanes) is 2. The van der Waals surface area contributed by atoms with Crippen molar-refractivity contribution in [3.63, 3.8) is 0 Å². The second-order valence-electron chi connectivity index (χ2n) is 5.02. The van der Waals surface area contributed by atoms with E-state index < -0.39 is 11.0 Å². The Bertz CT molecular complexity index is 598. The Morgan fingerprint density at radius 1 is 1.33 bits per heavy atom. The molecular weight excluding hydrogens is 314 g/mol. The van der Waals surface area contributed by atoms with E-state index in [1.807, 2.05) is 13.0 Å². The minimum atomic E-state index is -0.540. The molecule has 0 aliphatic heterocycles. The zero-order valence-corrected chi connectivity index (χ0v) is 13.6. The standard InChI is InChI=1S/C16H21N3O5/c1-2-3-9-24-16(20)18-8-4-5-10-23-15-11-14(19(21)22)7-6-13(15)12-17/h6-7,11H,2-5,8-10H2,1H3,(H,18,20). The van der Waals surface area contributed by atoms with Crippen LogP contribution in [-0.2, 0) is 4.74 Å². The largest absolute Gasteiger partial charge is 0.492 e. The molecule has 0 fully saturated rings. The second kappa shape index (κ2) is 10.8. The first-order chi connectivity index (χ1) is 11.6. The van der Waals surface area contributed by atoms with Crippen LogP contribution >= 0.6 is 0 Å². The molecule has 1 rings (SSSR count). The van der Waals surface area contributed by atoms with Crippen molar-refractivity contribution < 1.29 is 19.2 Å². The highest BCUT2D eigenvalue weighted by atomic mass is 16.6. The molecule has 0 atom stereocenters. The van der Waals surface area contributed by atoms with Gasteiger partial charge in [-0.15, -0.1) is 0 Å². The van der Waals surface area contributed by atoms with Gasteiger partial charge in [-0.1, -0.05) is 13.3 Å². The van der Waals surface area contributed by atoms with Crippen molar-refractivity contribution in [3.8, 4) is 11.8 Å². The van der Waals surface area contributed by atoms with Crippen LogP contribution in [-0.4, -0.2) is 30.8 Å². The lowest BCUT2D eigenvalue weighted by Crippen LogP contribution is -2.25. The van der Waals surface area contributed by atoms with Crippen molar-refractivity contribution in [3.05, 3.63) is 33.9 Å². The molecular formula is C16H21N3O5. The molecule has 0 aliphatic rings. The highest BCUT2D eigenvalue weighted by Crippen LogP contribution is 2.24. The van der Waals surface area contributed by atoms with Gasteiger partial charge in [-0.05, 0) is 25.3 Å². The number of carbonyl (C=O) groups excluding carboxylic acids is 1. The maximum atomic E-state index is 11.3. The maximum absolute atomic E-state index is 11.3. The molecule has 0 saturated carbocycles. The molecule has 1 aromatic carbocycles. The van der Waals surface area contributed by atoms with Crippen LogP contribution in [0.1, 0.15) is 38.2 Å². The molecule has 0 unspecified atom stereocenters. The molecule has 0 aliphatic carbocycles. The van der Waals surface area contributed by atoms with E-state index in [9.17, 15) is 14.9 Å². The SMILES string of the molecule is CCCCOC(=O)NCCCCOc1cc([N+](=O)[O-])ccc1C#N. The van der Waals surface area contributed by atoms with Gasteiger partial charge in [0.15, 0.2) is 0 Å². The van der Waals surface area contributed by atoms with Crippen molar-refractivity contribution in [2.45, 2.75) is 32.6 Å². The molecule has 1 N–H and O–H groups in total. The monoisotopic (exact) mass is 335 g/mol. The van der Waals surface area contributed by atoms with E-state index in [2.05, 4.69) is 5.32 Å². The topological polar surface area (TPSA) is 114 Å². The lowest BCUT2D eigenvalue weighted by Gasteiger charge is -2.08. The normalized spacial score (nSPS) is 9.83. The van der Waals surface area contributed by atoms with Crippen LogP contribution in [0.4, 0.5) is 10.5 Å². The molecule has 8 heteroatoms. The molecule has 8 nitrogen and oxygen atoms in total. The summed E-state index contributed by atoms with van der Waals surface area (Å²) in [6, 6.07) is 5.80. The number of nitro benzene ring substituents is 1. The fraction of sp³-hybridized carbons (Fsp3) is 0.500. The lowest BCUT2D eigenvalue weighted by molar-refractivity contribution is -0.384. The number of amides is 1. The third kappa shape index (κ3) is 6.96. The number of nitrogens with one attached hydrogen (secondary N) is 1. The van der Waals surface area contributed by atoms with Crippen LogP contribution in [0.3, 0.4) is 0 Å². The number of rotatable bonds is 10. The van der Waals surface area contributed by atoms with E-state index in [4.69, 9.17) is 14.7 Å². The van der Waals surface area contributed by atoms with Crippen LogP contribution in [0.2, 0.25) is 0 Å². The smallest absolute Gasteiger partial charge is 0.407 e. The van der Waals surface area contributed by atoms with E-state index in [1.165, 1.54) is 18.2 Å². The van der Waals surface area contributed by atoms with Crippen molar-refractivity contribution >= 4 is 11.8 Å². The molecule has 0 bridgehead atoms. The highest BCUT2D eigenvalue weighted by Gasteiger charge is 2.11. The van der Waals surface area contributed by atoms with E-state index in [0.29, 0.717) is 32.6 Å². The molecule has 0 radical (unpaired) electrons. The number of carbonyl (C=O) groups is 1. The third-order valence-electron chi connectivity index (χ3n) is 3.13. The van der Waals surface area contributed by atoms with Gasteiger partial charge in [-0.25, -0.2) is 4.79 Å². The summed E-state index contributed by atoms with van der Waals surface area (Å²) in [6.07, 6.45) is 2.66. The summed E-state index contributed by atoms with van der Waals surface area (Å²) in [7, 11) is 0. The minimum Gasteiger partial charge on any atom is -0.492 e. The Morgan fingerprint density at radius 2 is 2.12 bits per heavy atom. The molecule has 24 heavy (non-hydrogen) atoms. The van der Waals surface area contributed by atoms with E-state index in [1.54, 1.807) is 0 Å². The number of benzene rings is 1. The average molecular weight is 335 g/mol. The van der Waals surface area contributed by atoms with E-state index in [0.717, 1.165) is 12.8 Å². The van der Waals surface area contributed by atoms with Gasteiger partial charge < -0.3 is 14.8 Å². The number of hydrogen-bond donors (Lipinski definition) is 1. The van der Waals surface area contributed by atoms with Crippen molar-refractivity contribution in [2.24, 2.45) is 0 Å². The zero-order chi connectivity index (χ0) is 17.8. The van der Waals surface area contributed by atoms with Gasteiger partial charge in [0.1, 0.15) is 11.8 Å². The van der Waals surface area contributed by atoms with E-state index in [-0.39, 0.29) is 17.0 Å². The van der Waals surface area contributed by atoms with Crippen LogP contribution < -0.4 is 10.1 Å². The van der Waals surface area contributed by atoms with Gasteiger partial charge in [0.2, 0.25) is 0 Å². The van der Waals surface area contributed by atoms with Crippen LogP contribution in [0.25, 0.3) is 0 Å². The Labute approximate surface area is 140 Å². The first-order valence-electron chi connectivity index (χ1n) is 7.80. The predicted molar refractivity (Wildman–Crippen MR) is 86.8 cm³/mol. The first-order valence-corrected chi connectivity index (χ1v) is 7.80. The number of non-ortho nitro benzene ring substituents is 1. The summed E-state index contributed by atoms with van der Waals surface area (Å²) in [5.41, 5.74) is 0.124. The summed E-state index contributed by atoms with van der Waals surface area (Å²) >= 11 is 0. The van der Waals surface area contributed by atoms with Crippen LogP contribution in [0.5, 0.6) is 5.75 Å². The van der Waals surface area contributed by atoms with Crippen LogP contribution in [0.15, 0.2) is 18.2 Å².